The quantitative estimate of drug-likeness (QED) is 0.746. The smallest absolute Gasteiger partial charge is 0.358 e. The molecule has 0 saturated carbocycles. The van der Waals surface area contributed by atoms with Gasteiger partial charge in [0, 0.05) is 12.1 Å². The van der Waals surface area contributed by atoms with Gasteiger partial charge in [0.1, 0.15) is 0 Å². The molecule has 4 heteroatoms. The van der Waals surface area contributed by atoms with Gasteiger partial charge >= 0.3 is 5.97 Å². The first-order valence-electron chi connectivity index (χ1n) is 6.96. The molecule has 0 fully saturated rings. The molecule has 106 valence electrons. The van der Waals surface area contributed by atoms with Gasteiger partial charge in [-0.05, 0) is 29.3 Å². The third-order valence-corrected chi connectivity index (χ3v) is 3.38. The molecule has 0 amide bonds. The summed E-state index contributed by atoms with van der Waals surface area (Å²) < 4.78 is 4.94. The topological polar surface area (TPSA) is 55.0 Å². The van der Waals surface area contributed by atoms with Crippen molar-refractivity contribution in [2.75, 3.05) is 6.61 Å². The summed E-state index contributed by atoms with van der Waals surface area (Å²) in [6, 6.07) is 16.2. The molecule has 0 bridgehead atoms. The fourth-order valence-corrected chi connectivity index (χ4v) is 2.41. The highest BCUT2D eigenvalue weighted by molar-refractivity contribution is 5.88. The molecule has 0 aliphatic heterocycles. The predicted molar refractivity (Wildman–Crippen MR) is 81.3 cm³/mol. The Kier molecular flexibility index (Phi) is 3.69. The van der Waals surface area contributed by atoms with Gasteiger partial charge in [0.05, 0.1) is 6.61 Å². The van der Waals surface area contributed by atoms with Crippen LogP contribution in [0, 0.1) is 0 Å². The zero-order valence-electron chi connectivity index (χ0n) is 11.8. The molecular formula is C17H16N2O2. The van der Waals surface area contributed by atoms with Crippen LogP contribution in [-0.2, 0) is 11.2 Å². The van der Waals surface area contributed by atoms with Gasteiger partial charge < -0.3 is 4.74 Å². The fraction of sp³-hybridized carbons (Fsp3) is 0.176. The summed E-state index contributed by atoms with van der Waals surface area (Å²) in [7, 11) is 0. The Balaban J connectivity index is 1.87. The second kappa shape index (κ2) is 5.79. The van der Waals surface area contributed by atoms with Crippen LogP contribution < -0.4 is 0 Å². The molecule has 1 aromatic heterocycles. The number of carbonyl (C=O) groups excluding carboxylic acids is 1. The maximum atomic E-state index is 11.6. The Morgan fingerprint density at radius 1 is 1.19 bits per heavy atom. The van der Waals surface area contributed by atoms with Crippen molar-refractivity contribution in [1.29, 1.82) is 0 Å². The summed E-state index contributed by atoms with van der Waals surface area (Å²) in [6.45, 7) is 2.13. The van der Waals surface area contributed by atoms with E-state index in [0.29, 0.717) is 18.7 Å². The van der Waals surface area contributed by atoms with E-state index in [-0.39, 0.29) is 0 Å². The van der Waals surface area contributed by atoms with Crippen LogP contribution in [0.4, 0.5) is 0 Å². The SMILES string of the molecule is CCOC(=O)c1cc(Cc2cccc3ccccc23)[nH]n1. The number of benzene rings is 2. The highest BCUT2D eigenvalue weighted by atomic mass is 16.5. The lowest BCUT2D eigenvalue weighted by atomic mass is 10.0. The van der Waals surface area contributed by atoms with Crippen molar-refractivity contribution in [3.63, 3.8) is 0 Å². The zero-order chi connectivity index (χ0) is 14.7. The number of aromatic nitrogens is 2. The second-order valence-corrected chi connectivity index (χ2v) is 4.81. The van der Waals surface area contributed by atoms with E-state index in [4.69, 9.17) is 4.74 Å². The van der Waals surface area contributed by atoms with E-state index in [2.05, 4.69) is 34.5 Å². The molecule has 21 heavy (non-hydrogen) atoms. The Hall–Kier alpha value is -2.62. The van der Waals surface area contributed by atoms with Crippen LogP contribution >= 0.6 is 0 Å². The molecule has 3 rings (SSSR count). The molecule has 2 aromatic carbocycles. The highest BCUT2D eigenvalue weighted by Gasteiger charge is 2.12. The molecule has 0 radical (unpaired) electrons. The van der Waals surface area contributed by atoms with Crippen molar-refractivity contribution in [2.45, 2.75) is 13.3 Å². The van der Waals surface area contributed by atoms with E-state index in [9.17, 15) is 4.79 Å². The summed E-state index contributed by atoms with van der Waals surface area (Å²) in [6.07, 6.45) is 0.702. The molecule has 0 atom stereocenters. The van der Waals surface area contributed by atoms with Crippen LogP contribution in [0.3, 0.4) is 0 Å². The monoisotopic (exact) mass is 280 g/mol. The van der Waals surface area contributed by atoms with E-state index >= 15 is 0 Å². The number of hydrogen-bond donors (Lipinski definition) is 1. The molecular weight excluding hydrogens is 264 g/mol. The third-order valence-electron chi connectivity index (χ3n) is 3.38. The first kappa shape index (κ1) is 13.4. The van der Waals surface area contributed by atoms with Gasteiger partial charge in [-0.2, -0.15) is 5.10 Å². The van der Waals surface area contributed by atoms with Crippen molar-refractivity contribution in [3.05, 3.63) is 65.5 Å². The number of nitrogens with zero attached hydrogens (tertiary/aromatic N) is 1. The number of ether oxygens (including phenoxy) is 1. The summed E-state index contributed by atoms with van der Waals surface area (Å²) in [5, 5.41) is 9.34. The second-order valence-electron chi connectivity index (χ2n) is 4.81. The van der Waals surface area contributed by atoms with E-state index in [1.807, 2.05) is 18.2 Å². The summed E-state index contributed by atoms with van der Waals surface area (Å²) in [4.78, 5) is 11.6. The molecule has 1 heterocycles. The number of rotatable bonds is 4. The summed E-state index contributed by atoms with van der Waals surface area (Å²) in [5.41, 5.74) is 2.42. The Bertz CT molecular complexity index is 772. The Morgan fingerprint density at radius 3 is 2.86 bits per heavy atom. The lowest BCUT2D eigenvalue weighted by Gasteiger charge is -2.04. The number of carbonyl (C=O) groups is 1. The number of nitrogens with one attached hydrogen (secondary N) is 1. The van der Waals surface area contributed by atoms with Crippen LogP contribution in [0.15, 0.2) is 48.5 Å². The zero-order valence-corrected chi connectivity index (χ0v) is 11.8. The highest BCUT2D eigenvalue weighted by Crippen LogP contribution is 2.21. The number of esters is 1. The van der Waals surface area contributed by atoms with Gasteiger partial charge in [0.15, 0.2) is 5.69 Å². The van der Waals surface area contributed by atoms with E-state index in [0.717, 1.165) is 5.69 Å². The van der Waals surface area contributed by atoms with Gasteiger partial charge in [-0.25, -0.2) is 4.79 Å². The standard InChI is InChI=1S/C17H16N2O2/c1-2-21-17(20)16-11-14(18-19-16)10-13-8-5-7-12-6-3-4-9-15(12)13/h3-9,11H,2,10H2,1H3,(H,18,19). The van der Waals surface area contributed by atoms with Gasteiger partial charge in [0.25, 0.3) is 0 Å². The largest absolute Gasteiger partial charge is 0.461 e. The first-order valence-corrected chi connectivity index (χ1v) is 6.96. The van der Waals surface area contributed by atoms with Crippen molar-refractivity contribution < 1.29 is 9.53 Å². The minimum atomic E-state index is -0.391. The average Bonchev–Trinajstić information content (AvgIpc) is 2.97. The molecule has 1 N–H and O–H groups in total. The fourth-order valence-electron chi connectivity index (χ4n) is 2.41. The van der Waals surface area contributed by atoms with Crippen LogP contribution in [0.25, 0.3) is 10.8 Å². The van der Waals surface area contributed by atoms with E-state index < -0.39 is 5.97 Å². The van der Waals surface area contributed by atoms with E-state index in [1.54, 1.807) is 13.0 Å². The molecule has 4 nitrogen and oxygen atoms in total. The van der Waals surface area contributed by atoms with Crippen molar-refractivity contribution in [1.82, 2.24) is 10.2 Å². The lowest BCUT2D eigenvalue weighted by Crippen LogP contribution is -2.04. The van der Waals surface area contributed by atoms with E-state index in [1.165, 1.54) is 16.3 Å². The third kappa shape index (κ3) is 2.79. The van der Waals surface area contributed by atoms with Gasteiger partial charge in [-0.3, -0.25) is 5.10 Å². The maximum Gasteiger partial charge on any atom is 0.358 e. The molecule has 0 saturated heterocycles. The van der Waals surface area contributed by atoms with Crippen LogP contribution in [-0.4, -0.2) is 22.8 Å². The summed E-state index contributed by atoms with van der Waals surface area (Å²) in [5.74, 6) is -0.391. The van der Waals surface area contributed by atoms with Crippen molar-refractivity contribution >= 4 is 16.7 Å². The number of aromatic amines is 1. The number of hydrogen-bond acceptors (Lipinski definition) is 3. The molecule has 0 aliphatic carbocycles. The predicted octanol–water partition coefficient (Wildman–Crippen LogP) is 3.33. The molecule has 0 unspecified atom stereocenters. The lowest BCUT2D eigenvalue weighted by molar-refractivity contribution is 0.0519. The van der Waals surface area contributed by atoms with Crippen molar-refractivity contribution in [2.24, 2.45) is 0 Å². The van der Waals surface area contributed by atoms with Crippen LogP contribution in [0.5, 0.6) is 0 Å². The summed E-state index contributed by atoms with van der Waals surface area (Å²) >= 11 is 0. The maximum absolute atomic E-state index is 11.6. The minimum absolute atomic E-state index is 0.326. The van der Waals surface area contributed by atoms with Gasteiger partial charge in [-0.15, -0.1) is 0 Å². The number of fused-ring (bicyclic) bond motifs is 1. The van der Waals surface area contributed by atoms with Gasteiger partial charge in [0.2, 0.25) is 0 Å². The van der Waals surface area contributed by atoms with Crippen molar-refractivity contribution in [3.8, 4) is 0 Å². The molecule has 0 aliphatic rings. The first-order chi connectivity index (χ1) is 10.3. The average molecular weight is 280 g/mol. The molecule has 3 aromatic rings. The minimum Gasteiger partial charge on any atom is -0.461 e. The number of H-pyrrole nitrogens is 1. The Morgan fingerprint density at radius 2 is 2.00 bits per heavy atom. The van der Waals surface area contributed by atoms with Crippen LogP contribution in [0.2, 0.25) is 0 Å². The van der Waals surface area contributed by atoms with Gasteiger partial charge in [-0.1, -0.05) is 42.5 Å². The normalized spacial score (nSPS) is 10.7. The van der Waals surface area contributed by atoms with Crippen LogP contribution in [0.1, 0.15) is 28.7 Å². The molecule has 0 spiro atoms. The Labute approximate surface area is 122 Å².